The lowest BCUT2D eigenvalue weighted by Crippen LogP contribution is -2.39. The number of carbonyl (C=O) groups is 1. The lowest BCUT2D eigenvalue weighted by molar-refractivity contribution is -0.394. The third-order valence-electron chi connectivity index (χ3n) is 6.09. The lowest BCUT2D eigenvalue weighted by atomic mass is 9.98. The van der Waals surface area contributed by atoms with E-state index in [-0.39, 0.29) is 23.4 Å². The fraction of sp³-hybridized carbons (Fsp3) is 0.720. The van der Waals surface area contributed by atoms with Gasteiger partial charge in [0, 0.05) is 18.5 Å². The van der Waals surface area contributed by atoms with Gasteiger partial charge in [0.2, 0.25) is 0 Å². The predicted octanol–water partition coefficient (Wildman–Crippen LogP) is 6.23. The van der Waals surface area contributed by atoms with Crippen LogP contribution in [0.15, 0.2) is 18.2 Å². The lowest BCUT2D eigenvalue weighted by Gasteiger charge is -2.25. The SMILES string of the molecule is CCCCCCCCC(Oc1ccc([N+](=O)[O-])cc1[N+](=O)[O-])C(N)CCCCCCCC(=O)OC. The van der Waals surface area contributed by atoms with Crippen LogP contribution < -0.4 is 10.5 Å². The monoisotopic (exact) mass is 495 g/mol. The van der Waals surface area contributed by atoms with Crippen LogP contribution in [0.25, 0.3) is 0 Å². The number of unbranched alkanes of at least 4 members (excludes halogenated alkanes) is 9. The van der Waals surface area contributed by atoms with Gasteiger partial charge in [-0.15, -0.1) is 0 Å². The summed E-state index contributed by atoms with van der Waals surface area (Å²) in [6, 6.07) is 3.12. The summed E-state index contributed by atoms with van der Waals surface area (Å²) in [5.74, 6) is -0.183. The van der Waals surface area contributed by atoms with Crippen molar-refractivity contribution in [1.29, 1.82) is 0 Å². The van der Waals surface area contributed by atoms with E-state index in [1.165, 1.54) is 38.5 Å². The number of nitrogens with zero attached hydrogens (tertiary/aromatic N) is 2. The number of hydrogen-bond acceptors (Lipinski definition) is 8. The van der Waals surface area contributed by atoms with E-state index in [4.69, 9.17) is 10.5 Å². The first-order chi connectivity index (χ1) is 16.8. The van der Waals surface area contributed by atoms with Crippen molar-refractivity contribution in [3.05, 3.63) is 38.4 Å². The van der Waals surface area contributed by atoms with Gasteiger partial charge < -0.3 is 15.2 Å². The third-order valence-corrected chi connectivity index (χ3v) is 6.09. The minimum absolute atomic E-state index is 0.00911. The molecule has 0 bridgehead atoms. The average molecular weight is 496 g/mol. The highest BCUT2D eigenvalue weighted by molar-refractivity contribution is 5.68. The zero-order valence-corrected chi connectivity index (χ0v) is 21.1. The van der Waals surface area contributed by atoms with Gasteiger partial charge >= 0.3 is 11.7 Å². The third kappa shape index (κ3) is 12.5. The van der Waals surface area contributed by atoms with Gasteiger partial charge in [0.25, 0.3) is 5.69 Å². The number of carbonyl (C=O) groups excluding carboxylic acids is 1. The topological polar surface area (TPSA) is 148 Å². The molecule has 0 heterocycles. The molecule has 2 N–H and O–H groups in total. The largest absolute Gasteiger partial charge is 0.482 e. The molecule has 1 aromatic carbocycles. The maximum atomic E-state index is 11.5. The molecule has 0 fully saturated rings. The second-order valence-corrected chi connectivity index (χ2v) is 8.93. The molecule has 2 unspecified atom stereocenters. The Morgan fingerprint density at radius 1 is 0.914 bits per heavy atom. The van der Waals surface area contributed by atoms with Gasteiger partial charge in [0.1, 0.15) is 6.10 Å². The highest BCUT2D eigenvalue weighted by Crippen LogP contribution is 2.33. The quantitative estimate of drug-likeness (QED) is 0.0968. The summed E-state index contributed by atoms with van der Waals surface area (Å²) in [6.07, 6.45) is 12.6. The standard InChI is InChI=1S/C25H41N3O7/c1-3-4-5-6-9-12-15-23(21(26)14-11-8-7-10-13-16-25(29)34-2)35-24-18-17-20(27(30)31)19-22(24)28(32)33/h17-19,21,23H,3-16,26H2,1-2H3. The molecule has 0 aliphatic rings. The number of nitro groups is 2. The first-order valence-electron chi connectivity index (χ1n) is 12.7. The molecule has 0 saturated carbocycles. The molecule has 0 aliphatic carbocycles. The number of rotatable bonds is 20. The highest BCUT2D eigenvalue weighted by atomic mass is 16.6. The van der Waals surface area contributed by atoms with Crippen molar-refractivity contribution >= 4 is 17.3 Å². The second-order valence-electron chi connectivity index (χ2n) is 8.93. The molecule has 0 spiro atoms. The Bertz CT molecular complexity index is 788. The molecule has 0 radical (unpaired) electrons. The molecule has 35 heavy (non-hydrogen) atoms. The van der Waals surface area contributed by atoms with Crippen LogP contribution in [0.5, 0.6) is 5.75 Å². The van der Waals surface area contributed by atoms with E-state index < -0.39 is 21.6 Å². The number of methoxy groups -OCH3 is 1. The zero-order valence-electron chi connectivity index (χ0n) is 21.1. The Labute approximate surface area is 207 Å². The van der Waals surface area contributed by atoms with Crippen molar-refractivity contribution in [2.75, 3.05) is 7.11 Å². The van der Waals surface area contributed by atoms with Crippen LogP contribution in [-0.2, 0) is 9.53 Å². The first kappa shape index (κ1) is 30.3. The minimum Gasteiger partial charge on any atom is -0.482 e. The maximum Gasteiger partial charge on any atom is 0.317 e. The van der Waals surface area contributed by atoms with E-state index >= 15 is 0 Å². The van der Waals surface area contributed by atoms with Crippen molar-refractivity contribution in [1.82, 2.24) is 0 Å². The van der Waals surface area contributed by atoms with E-state index in [0.717, 1.165) is 57.4 Å². The van der Waals surface area contributed by atoms with Crippen molar-refractivity contribution in [2.24, 2.45) is 5.73 Å². The number of nitro benzene ring substituents is 2. The van der Waals surface area contributed by atoms with Crippen LogP contribution in [0.1, 0.15) is 96.8 Å². The number of non-ortho nitro benzene ring substituents is 1. The second kappa shape index (κ2) is 17.7. The molecule has 0 aliphatic heterocycles. The van der Waals surface area contributed by atoms with Gasteiger partial charge in [0.15, 0.2) is 5.75 Å². The van der Waals surface area contributed by atoms with Gasteiger partial charge in [-0.05, 0) is 31.7 Å². The van der Waals surface area contributed by atoms with E-state index in [1.54, 1.807) is 0 Å². The van der Waals surface area contributed by atoms with Gasteiger partial charge in [-0.25, -0.2) is 0 Å². The Balaban J connectivity index is 2.70. The molecule has 0 saturated heterocycles. The molecule has 2 atom stereocenters. The molecular weight excluding hydrogens is 454 g/mol. The fourth-order valence-electron chi connectivity index (χ4n) is 3.98. The molecule has 198 valence electrons. The van der Waals surface area contributed by atoms with Crippen molar-refractivity contribution in [3.8, 4) is 5.75 Å². The van der Waals surface area contributed by atoms with Crippen LogP contribution >= 0.6 is 0 Å². The highest BCUT2D eigenvalue weighted by Gasteiger charge is 2.26. The molecule has 0 aromatic heterocycles. The normalized spacial score (nSPS) is 12.7. The van der Waals surface area contributed by atoms with Gasteiger partial charge in [0.05, 0.1) is 23.0 Å². The van der Waals surface area contributed by atoms with E-state index in [9.17, 15) is 25.0 Å². The summed E-state index contributed by atoms with van der Waals surface area (Å²) in [7, 11) is 1.39. The summed E-state index contributed by atoms with van der Waals surface area (Å²) in [6.45, 7) is 2.17. The maximum absolute atomic E-state index is 11.5. The molecule has 10 heteroatoms. The zero-order chi connectivity index (χ0) is 26.1. The van der Waals surface area contributed by atoms with Crippen LogP contribution in [0, 0.1) is 20.2 Å². The Morgan fingerprint density at radius 2 is 1.51 bits per heavy atom. The number of benzene rings is 1. The first-order valence-corrected chi connectivity index (χ1v) is 12.7. The Morgan fingerprint density at radius 3 is 2.11 bits per heavy atom. The molecular formula is C25H41N3O7. The number of ether oxygens (including phenoxy) is 2. The predicted molar refractivity (Wildman–Crippen MR) is 134 cm³/mol. The Hall–Kier alpha value is -2.75. The fourth-order valence-corrected chi connectivity index (χ4v) is 3.98. The summed E-state index contributed by atoms with van der Waals surface area (Å²) in [4.78, 5) is 32.4. The summed E-state index contributed by atoms with van der Waals surface area (Å²) in [5, 5.41) is 22.5. The number of hydrogen-bond donors (Lipinski definition) is 1. The van der Waals surface area contributed by atoms with E-state index in [0.29, 0.717) is 19.3 Å². The van der Waals surface area contributed by atoms with Crippen LogP contribution in [-0.4, -0.2) is 35.1 Å². The molecule has 1 aromatic rings. The van der Waals surface area contributed by atoms with Gasteiger partial charge in [-0.3, -0.25) is 25.0 Å². The van der Waals surface area contributed by atoms with Crippen LogP contribution in [0.3, 0.4) is 0 Å². The molecule has 0 amide bonds. The van der Waals surface area contributed by atoms with E-state index in [1.807, 2.05) is 0 Å². The Kier molecular flexibility index (Phi) is 15.3. The van der Waals surface area contributed by atoms with E-state index in [2.05, 4.69) is 11.7 Å². The van der Waals surface area contributed by atoms with Gasteiger partial charge in [-0.1, -0.05) is 64.7 Å². The summed E-state index contributed by atoms with van der Waals surface area (Å²) < 4.78 is 10.7. The summed E-state index contributed by atoms with van der Waals surface area (Å²) >= 11 is 0. The summed E-state index contributed by atoms with van der Waals surface area (Å²) in [5.41, 5.74) is 5.69. The van der Waals surface area contributed by atoms with Crippen LogP contribution in [0.2, 0.25) is 0 Å². The van der Waals surface area contributed by atoms with Gasteiger partial charge in [-0.2, -0.15) is 0 Å². The molecule has 1 rings (SSSR count). The average Bonchev–Trinajstić information content (AvgIpc) is 2.84. The molecule has 10 nitrogen and oxygen atoms in total. The van der Waals surface area contributed by atoms with Crippen molar-refractivity contribution in [3.63, 3.8) is 0 Å². The number of esters is 1. The van der Waals surface area contributed by atoms with Crippen molar-refractivity contribution in [2.45, 2.75) is 109 Å². The smallest absolute Gasteiger partial charge is 0.317 e. The minimum atomic E-state index is -0.665. The van der Waals surface area contributed by atoms with Crippen molar-refractivity contribution < 1.29 is 24.1 Å². The van der Waals surface area contributed by atoms with Crippen LogP contribution in [0.4, 0.5) is 11.4 Å². The number of nitrogens with two attached hydrogens (primary N) is 1.